The van der Waals surface area contributed by atoms with Gasteiger partial charge in [0.2, 0.25) is 0 Å². The molecule has 148 valence electrons. The van der Waals surface area contributed by atoms with Crippen molar-refractivity contribution in [1.29, 1.82) is 0 Å². The minimum absolute atomic E-state index is 0.201. The van der Waals surface area contributed by atoms with Gasteiger partial charge in [-0.15, -0.1) is 5.10 Å². The van der Waals surface area contributed by atoms with Crippen LogP contribution in [0.25, 0.3) is 0 Å². The molecule has 1 aliphatic carbocycles. The zero-order valence-electron chi connectivity index (χ0n) is 16.3. The van der Waals surface area contributed by atoms with Crippen LogP contribution in [0.4, 0.5) is 0 Å². The Morgan fingerprint density at radius 1 is 1.15 bits per heavy atom. The topological polar surface area (TPSA) is 70.2 Å². The predicted molar refractivity (Wildman–Crippen MR) is 100 cm³/mol. The number of hydrogen-bond acceptors (Lipinski definition) is 6. The Kier molecular flexibility index (Phi) is 5.85. The molecule has 4 atom stereocenters. The fourth-order valence-corrected chi connectivity index (χ4v) is 4.78. The van der Waals surface area contributed by atoms with Crippen molar-refractivity contribution in [3.05, 3.63) is 30.4 Å². The molecule has 0 spiro atoms. The number of aryl methyl sites for hydroxylation is 1. The largest absolute Gasteiger partial charge is 0.379 e. The van der Waals surface area contributed by atoms with Gasteiger partial charge in [-0.25, -0.2) is 4.68 Å². The number of methoxy groups -OCH3 is 2. The third-order valence-electron chi connectivity index (χ3n) is 6.07. The first-order valence-electron chi connectivity index (χ1n) is 9.89. The highest BCUT2D eigenvalue weighted by atomic mass is 16.5. The van der Waals surface area contributed by atoms with Gasteiger partial charge in [0.25, 0.3) is 0 Å². The van der Waals surface area contributed by atoms with Gasteiger partial charge >= 0.3 is 0 Å². The maximum Gasteiger partial charge on any atom is 0.108 e. The van der Waals surface area contributed by atoms with Crippen LogP contribution in [-0.2, 0) is 22.6 Å². The van der Waals surface area contributed by atoms with Crippen LogP contribution in [0.2, 0.25) is 0 Å². The number of aromatic nitrogens is 5. The SMILES string of the molecule is COCc1cn([C@@H]2C[C@@H]3CN(CCCn4cccn4)C[C@@H]3C[C@H]2OC)nn1. The lowest BCUT2D eigenvalue weighted by Crippen LogP contribution is -2.37. The smallest absolute Gasteiger partial charge is 0.108 e. The van der Waals surface area contributed by atoms with Crippen molar-refractivity contribution in [2.45, 2.75) is 44.6 Å². The Labute approximate surface area is 160 Å². The number of nitrogens with zero attached hydrogens (tertiary/aromatic N) is 6. The molecular weight excluding hydrogens is 344 g/mol. The number of fused-ring (bicyclic) bond motifs is 1. The molecule has 0 bridgehead atoms. The minimum atomic E-state index is 0.201. The van der Waals surface area contributed by atoms with Gasteiger partial charge in [-0.3, -0.25) is 4.68 Å². The summed E-state index contributed by atoms with van der Waals surface area (Å²) in [7, 11) is 3.50. The van der Waals surface area contributed by atoms with Gasteiger partial charge in [0, 0.05) is 46.2 Å². The molecule has 0 N–H and O–H groups in total. The Bertz CT molecular complexity index is 703. The molecule has 0 amide bonds. The summed E-state index contributed by atoms with van der Waals surface area (Å²) < 4.78 is 15.0. The van der Waals surface area contributed by atoms with E-state index in [-0.39, 0.29) is 12.1 Å². The molecule has 2 aromatic heterocycles. The molecule has 2 fully saturated rings. The van der Waals surface area contributed by atoms with Gasteiger partial charge in [-0.1, -0.05) is 5.21 Å². The van der Waals surface area contributed by atoms with Crippen LogP contribution >= 0.6 is 0 Å². The highest BCUT2D eigenvalue weighted by Crippen LogP contribution is 2.42. The van der Waals surface area contributed by atoms with E-state index in [9.17, 15) is 0 Å². The Morgan fingerprint density at radius 2 is 2.00 bits per heavy atom. The number of rotatable bonds is 8. The van der Waals surface area contributed by atoms with Crippen LogP contribution in [0.15, 0.2) is 24.7 Å². The molecule has 2 aliphatic rings. The first-order chi connectivity index (χ1) is 13.3. The predicted octanol–water partition coefficient (Wildman–Crippen LogP) is 1.61. The average molecular weight is 374 g/mol. The second kappa shape index (κ2) is 8.50. The molecule has 3 heterocycles. The lowest BCUT2D eigenvalue weighted by molar-refractivity contribution is -0.00548. The van der Waals surface area contributed by atoms with Crippen molar-refractivity contribution in [3.8, 4) is 0 Å². The summed E-state index contributed by atoms with van der Waals surface area (Å²) in [6, 6.07) is 2.25. The lowest BCUT2D eigenvalue weighted by atomic mass is 9.77. The summed E-state index contributed by atoms with van der Waals surface area (Å²) in [6.07, 6.45) is 9.44. The zero-order chi connectivity index (χ0) is 18.6. The van der Waals surface area contributed by atoms with Gasteiger partial charge < -0.3 is 14.4 Å². The van der Waals surface area contributed by atoms with Gasteiger partial charge in [0.05, 0.1) is 24.9 Å². The zero-order valence-corrected chi connectivity index (χ0v) is 16.3. The van der Waals surface area contributed by atoms with Crippen LogP contribution in [0.1, 0.15) is 31.0 Å². The molecule has 0 radical (unpaired) electrons. The first kappa shape index (κ1) is 18.6. The molecule has 1 saturated carbocycles. The van der Waals surface area contributed by atoms with E-state index in [4.69, 9.17) is 9.47 Å². The van der Waals surface area contributed by atoms with Crippen LogP contribution in [0.3, 0.4) is 0 Å². The van der Waals surface area contributed by atoms with E-state index >= 15 is 0 Å². The molecule has 1 saturated heterocycles. The van der Waals surface area contributed by atoms with E-state index in [1.165, 1.54) is 13.1 Å². The minimum Gasteiger partial charge on any atom is -0.379 e. The van der Waals surface area contributed by atoms with Gasteiger partial charge in [0.1, 0.15) is 5.69 Å². The molecule has 8 nitrogen and oxygen atoms in total. The number of ether oxygens (including phenoxy) is 2. The Morgan fingerprint density at radius 3 is 2.74 bits per heavy atom. The molecular formula is C19H30N6O2. The average Bonchev–Trinajstić information content (AvgIpc) is 3.41. The number of hydrogen-bond donors (Lipinski definition) is 0. The van der Waals surface area contributed by atoms with Crippen molar-refractivity contribution in [1.82, 2.24) is 29.7 Å². The normalized spacial score (nSPS) is 28.5. The molecule has 4 rings (SSSR count). The van der Waals surface area contributed by atoms with Crippen LogP contribution in [0, 0.1) is 11.8 Å². The first-order valence-corrected chi connectivity index (χ1v) is 9.89. The Hall–Kier alpha value is -1.77. The third-order valence-corrected chi connectivity index (χ3v) is 6.07. The van der Waals surface area contributed by atoms with Crippen molar-refractivity contribution in [3.63, 3.8) is 0 Å². The van der Waals surface area contributed by atoms with E-state index in [0.717, 1.165) is 44.0 Å². The summed E-state index contributed by atoms with van der Waals surface area (Å²) >= 11 is 0. The highest BCUT2D eigenvalue weighted by molar-refractivity contribution is 4.98. The van der Waals surface area contributed by atoms with Gasteiger partial charge in [0.15, 0.2) is 0 Å². The summed E-state index contributed by atoms with van der Waals surface area (Å²) in [6.45, 7) is 4.99. The maximum absolute atomic E-state index is 5.85. The molecule has 0 aromatic carbocycles. The Balaban J connectivity index is 1.34. The fourth-order valence-electron chi connectivity index (χ4n) is 4.78. The quantitative estimate of drug-likeness (QED) is 0.699. The van der Waals surface area contributed by atoms with Crippen LogP contribution in [0.5, 0.6) is 0 Å². The molecule has 0 unspecified atom stereocenters. The standard InChI is InChI=1S/C19H30N6O2/c1-26-14-17-13-25(22-21-17)18-9-15-11-23(12-16(15)10-19(18)27-2)6-4-8-24-7-3-5-20-24/h3,5,7,13,15-16,18-19H,4,6,8-12,14H2,1-2H3/t15-,16+,18-,19-/m1/s1. The van der Waals surface area contributed by atoms with Crippen molar-refractivity contribution < 1.29 is 9.47 Å². The van der Waals surface area contributed by atoms with Gasteiger partial charge in [-0.05, 0) is 43.7 Å². The monoisotopic (exact) mass is 374 g/mol. The molecule has 1 aliphatic heterocycles. The van der Waals surface area contributed by atoms with E-state index < -0.39 is 0 Å². The third kappa shape index (κ3) is 4.23. The highest BCUT2D eigenvalue weighted by Gasteiger charge is 2.43. The lowest BCUT2D eigenvalue weighted by Gasteiger charge is -2.37. The second-order valence-corrected chi connectivity index (χ2v) is 7.84. The summed E-state index contributed by atoms with van der Waals surface area (Å²) in [5.74, 6) is 1.43. The van der Waals surface area contributed by atoms with Crippen molar-refractivity contribution in [2.24, 2.45) is 11.8 Å². The van der Waals surface area contributed by atoms with Crippen molar-refractivity contribution in [2.75, 3.05) is 33.9 Å². The molecule has 27 heavy (non-hydrogen) atoms. The second-order valence-electron chi connectivity index (χ2n) is 7.84. The van der Waals surface area contributed by atoms with E-state index in [2.05, 4.69) is 20.3 Å². The van der Waals surface area contributed by atoms with Crippen LogP contribution in [-0.4, -0.2) is 69.6 Å². The summed E-state index contributed by atoms with van der Waals surface area (Å²) in [5.41, 5.74) is 0.876. The van der Waals surface area contributed by atoms with E-state index in [1.807, 2.05) is 41.1 Å². The van der Waals surface area contributed by atoms with Crippen LogP contribution < -0.4 is 0 Å². The fraction of sp³-hybridized carbons (Fsp3) is 0.737. The summed E-state index contributed by atoms with van der Waals surface area (Å²) in [4.78, 5) is 2.62. The summed E-state index contributed by atoms with van der Waals surface area (Å²) in [5, 5.41) is 12.9. The number of likely N-dealkylation sites (tertiary alicyclic amines) is 1. The van der Waals surface area contributed by atoms with Crippen molar-refractivity contribution >= 4 is 0 Å². The molecule has 2 aromatic rings. The van der Waals surface area contributed by atoms with E-state index in [0.29, 0.717) is 12.5 Å². The van der Waals surface area contributed by atoms with Gasteiger partial charge in [-0.2, -0.15) is 5.10 Å². The van der Waals surface area contributed by atoms with E-state index in [1.54, 1.807) is 7.11 Å². The molecule has 8 heteroatoms. The maximum atomic E-state index is 5.85.